The van der Waals surface area contributed by atoms with Gasteiger partial charge in [-0.25, -0.2) is 4.99 Å². The van der Waals surface area contributed by atoms with E-state index in [4.69, 9.17) is 4.99 Å². The van der Waals surface area contributed by atoms with Crippen molar-refractivity contribution in [3.8, 4) is 11.4 Å². The van der Waals surface area contributed by atoms with Gasteiger partial charge >= 0.3 is 0 Å². The lowest BCUT2D eigenvalue weighted by Gasteiger charge is -2.17. The molecule has 7 aromatic carbocycles. The van der Waals surface area contributed by atoms with Gasteiger partial charge in [-0.2, -0.15) is 0 Å². The van der Waals surface area contributed by atoms with E-state index in [1.165, 1.54) is 54.7 Å². The molecule has 1 aliphatic rings. The summed E-state index contributed by atoms with van der Waals surface area (Å²) in [6.45, 7) is 0. The average Bonchev–Trinajstić information content (AvgIpc) is 3.61. The van der Waals surface area contributed by atoms with Crippen LogP contribution in [0, 0.1) is 0 Å². The van der Waals surface area contributed by atoms with Crippen LogP contribution in [0.2, 0.25) is 0 Å². The van der Waals surface area contributed by atoms with Crippen LogP contribution in [0.5, 0.6) is 0 Å². The predicted octanol–water partition coefficient (Wildman–Crippen LogP) is 12.2. The Morgan fingerprint density at radius 2 is 0.804 bits per heavy atom. The molecule has 0 spiro atoms. The number of benzene rings is 7. The molecule has 0 N–H and O–H groups in total. The average molecular weight is 652 g/mol. The highest BCUT2D eigenvalue weighted by atomic mass is 15.0. The highest BCUT2D eigenvalue weighted by Gasteiger charge is 2.19. The summed E-state index contributed by atoms with van der Waals surface area (Å²) in [5.41, 5.74) is 13.6. The van der Waals surface area contributed by atoms with Gasteiger partial charge in [0.2, 0.25) is 0 Å². The molecule has 3 heterocycles. The van der Waals surface area contributed by atoms with Crippen molar-refractivity contribution in [2.24, 2.45) is 4.99 Å². The second-order valence-electron chi connectivity index (χ2n) is 13.2. The Morgan fingerprint density at radius 3 is 1.27 bits per heavy atom. The van der Waals surface area contributed by atoms with Crippen molar-refractivity contribution < 1.29 is 0 Å². The number of allylic oxidation sites excluding steroid dienone is 3. The zero-order valence-corrected chi connectivity index (χ0v) is 27.9. The number of nitrogens with zero attached hydrogens (tertiary/aromatic N) is 3. The maximum Gasteiger partial charge on any atom is 0.0712 e. The minimum absolute atomic E-state index is 0.743. The summed E-state index contributed by atoms with van der Waals surface area (Å²) >= 11 is 0. The number of para-hydroxylation sites is 4. The van der Waals surface area contributed by atoms with Crippen LogP contribution in [0.3, 0.4) is 0 Å². The molecule has 0 saturated heterocycles. The molecule has 0 fully saturated rings. The molecule has 1 aliphatic heterocycles. The van der Waals surface area contributed by atoms with Crippen LogP contribution in [0.25, 0.3) is 66.3 Å². The summed E-state index contributed by atoms with van der Waals surface area (Å²) in [6.07, 6.45) is 5.32. The standard InChI is InChI=1S/C48H33N3/c1-3-15-33(16-4-1)43-28-27-35(31-44(49-43)34-17-5-2-6-18-34)36-29-37(50-45-23-11-7-19-39(45)40-20-8-12-24-46(40)50)32-38(30-36)51-47-25-13-9-21-41(47)42-22-10-14-26-48(42)51/h1-26,28-32H,27H2. The van der Waals surface area contributed by atoms with Gasteiger partial charge in [0.1, 0.15) is 0 Å². The van der Waals surface area contributed by atoms with Crippen LogP contribution in [0.1, 0.15) is 23.1 Å². The first-order valence-corrected chi connectivity index (χ1v) is 17.5. The maximum atomic E-state index is 5.29. The summed E-state index contributed by atoms with van der Waals surface area (Å²) in [5.74, 6) is 0. The molecule has 3 heteroatoms. The third kappa shape index (κ3) is 4.94. The quantitative estimate of drug-likeness (QED) is 0.177. The Hall–Kier alpha value is -6.71. The van der Waals surface area contributed by atoms with Gasteiger partial charge in [0.25, 0.3) is 0 Å². The molecule has 0 bridgehead atoms. The largest absolute Gasteiger partial charge is 0.309 e. The highest BCUT2D eigenvalue weighted by molar-refractivity contribution is 6.15. The minimum Gasteiger partial charge on any atom is -0.309 e. The first-order chi connectivity index (χ1) is 25.3. The predicted molar refractivity (Wildman–Crippen MR) is 215 cm³/mol. The van der Waals surface area contributed by atoms with Crippen LogP contribution in [0.15, 0.2) is 193 Å². The van der Waals surface area contributed by atoms with Gasteiger partial charge < -0.3 is 9.13 Å². The van der Waals surface area contributed by atoms with Crippen molar-refractivity contribution >= 4 is 60.6 Å². The first-order valence-electron chi connectivity index (χ1n) is 17.5. The van der Waals surface area contributed by atoms with Crippen molar-refractivity contribution in [1.29, 1.82) is 0 Å². The van der Waals surface area contributed by atoms with Crippen LogP contribution >= 0.6 is 0 Å². The Morgan fingerprint density at radius 1 is 0.392 bits per heavy atom. The smallest absolute Gasteiger partial charge is 0.0712 e. The van der Waals surface area contributed by atoms with E-state index >= 15 is 0 Å². The van der Waals surface area contributed by atoms with Gasteiger partial charge in [0.05, 0.1) is 33.5 Å². The lowest BCUT2D eigenvalue weighted by atomic mass is 9.97. The molecule has 0 saturated carbocycles. The van der Waals surface area contributed by atoms with Crippen molar-refractivity contribution in [3.63, 3.8) is 0 Å². The normalized spacial score (nSPS) is 13.4. The second-order valence-corrected chi connectivity index (χ2v) is 13.2. The van der Waals surface area contributed by atoms with Crippen LogP contribution in [-0.4, -0.2) is 14.8 Å². The van der Waals surface area contributed by atoms with Gasteiger partial charge in [-0.15, -0.1) is 0 Å². The van der Waals surface area contributed by atoms with Crippen LogP contribution in [-0.2, 0) is 0 Å². The SMILES string of the molecule is C1=C(c2cc(-n3c4ccccc4c4ccccc43)cc(-n3c4ccccc4c4ccccc43)c2)CC=C(c2ccccc2)N=C1c1ccccc1. The Kier molecular flexibility index (Phi) is 6.88. The molecule has 3 nitrogen and oxygen atoms in total. The van der Waals surface area contributed by atoms with Gasteiger partial charge in [0.15, 0.2) is 0 Å². The number of aliphatic imine (C=N–C) groups is 1. The molecule has 0 amide bonds. The van der Waals surface area contributed by atoms with Crippen molar-refractivity contribution in [3.05, 3.63) is 205 Å². The third-order valence-electron chi connectivity index (χ3n) is 10.2. The van der Waals surface area contributed by atoms with E-state index in [1.54, 1.807) is 0 Å². The molecule has 10 rings (SSSR count). The topological polar surface area (TPSA) is 22.2 Å². The maximum absolute atomic E-state index is 5.29. The number of aromatic nitrogens is 2. The monoisotopic (exact) mass is 651 g/mol. The molecule has 9 aromatic rings. The molecular weight excluding hydrogens is 619 g/mol. The van der Waals surface area contributed by atoms with E-state index in [2.05, 4.69) is 197 Å². The second kappa shape index (κ2) is 12.0. The summed E-state index contributed by atoms with van der Waals surface area (Å²) in [6, 6.07) is 63.1. The number of hydrogen-bond donors (Lipinski definition) is 0. The summed E-state index contributed by atoms with van der Waals surface area (Å²) in [5, 5.41) is 5.00. The first kappa shape index (κ1) is 29.2. The fourth-order valence-corrected chi connectivity index (χ4v) is 7.83. The van der Waals surface area contributed by atoms with E-state index in [0.29, 0.717) is 0 Å². The third-order valence-corrected chi connectivity index (χ3v) is 10.2. The van der Waals surface area contributed by atoms with Crippen molar-refractivity contribution in [2.75, 3.05) is 0 Å². The van der Waals surface area contributed by atoms with Gasteiger partial charge in [0, 0.05) is 38.5 Å². The molecular formula is C48H33N3. The Balaban J connectivity index is 1.27. The zero-order chi connectivity index (χ0) is 33.7. The van der Waals surface area contributed by atoms with E-state index in [1.807, 2.05) is 0 Å². The minimum atomic E-state index is 0.743. The molecule has 0 aliphatic carbocycles. The molecule has 0 radical (unpaired) electrons. The molecule has 240 valence electrons. The van der Waals surface area contributed by atoms with Gasteiger partial charge in [-0.1, -0.05) is 140 Å². The Bertz CT molecular complexity index is 2630. The van der Waals surface area contributed by atoms with Crippen molar-refractivity contribution in [2.45, 2.75) is 6.42 Å². The lowest BCUT2D eigenvalue weighted by Crippen LogP contribution is -2.02. The highest BCUT2D eigenvalue weighted by Crippen LogP contribution is 2.38. The summed E-state index contributed by atoms with van der Waals surface area (Å²) in [7, 11) is 0. The van der Waals surface area contributed by atoms with E-state index < -0.39 is 0 Å². The number of rotatable bonds is 5. The molecule has 0 unspecified atom stereocenters. The molecule has 51 heavy (non-hydrogen) atoms. The van der Waals surface area contributed by atoms with Crippen LogP contribution < -0.4 is 0 Å². The zero-order valence-electron chi connectivity index (χ0n) is 27.9. The van der Waals surface area contributed by atoms with Crippen molar-refractivity contribution in [1.82, 2.24) is 9.13 Å². The van der Waals surface area contributed by atoms with Gasteiger partial charge in [-0.05, 0) is 71.7 Å². The van der Waals surface area contributed by atoms with Gasteiger partial charge in [-0.3, -0.25) is 0 Å². The van der Waals surface area contributed by atoms with E-state index in [0.717, 1.165) is 40.3 Å². The fraction of sp³-hybridized carbons (Fsp3) is 0.0208. The summed E-state index contributed by atoms with van der Waals surface area (Å²) < 4.78 is 4.86. The number of fused-ring (bicyclic) bond motifs is 6. The summed E-state index contributed by atoms with van der Waals surface area (Å²) in [4.78, 5) is 5.29. The lowest BCUT2D eigenvalue weighted by molar-refractivity contribution is 1.13. The molecule has 0 atom stereocenters. The number of hydrogen-bond acceptors (Lipinski definition) is 1. The van der Waals surface area contributed by atoms with E-state index in [9.17, 15) is 0 Å². The van der Waals surface area contributed by atoms with Crippen LogP contribution in [0.4, 0.5) is 0 Å². The molecule has 2 aromatic heterocycles. The van der Waals surface area contributed by atoms with E-state index in [-0.39, 0.29) is 0 Å². The fourth-order valence-electron chi connectivity index (χ4n) is 7.83. The Labute approximate surface area is 296 Å².